The van der Waals surface area contributed by atoms with Crippen LogP contribution < -0.4 is 11.1 Å². The van der Waals surface area contributed by atoms with Crippen LogP contribution in [-0.2, 0) is 0 Å². The summed E-state index contributed by atoms with van der Waals surface area (Å²) in [7, 11) is 0. The van der Waals surface area contributed by atoms with Crippen LogP contribution in [0.2, 0.25) is 0 Å². The fraction of sp³-hybridized carbons (Fsp3) is 0.222. The monoisotopic (exact) mass is 242 g/mol. The van der Waals surface area contributed by atoms with Crippen molar-refractivity contribution in [3.63, 3.8) is 0 Å². The van der Waals surface area contributed by atoms with Gasteiger partial charge in [0.2, 0.25) is 0 Å². The zero-order valence-electron chi connectivity index (χ0n) is 7.25. The molecule has 4 heteroatoms. The number of amides is 2. The Balaban J connectivity index is 2.71. The molecule has 13 heavy (non-hydrogen) atoms. The summed E-state index contributed by atoms with van der Waals surface area (Å²) in [6.07, 6.45) is 0. The lowest BCUT2D eigenvalue weighted by Gasteiger charge is -2.11. The number of carbonyl (C=O) groups is 1. The molecule has 0 aliphatic heterocycles. The third-order valence-electron chi connectivity index (χ3n) is 1.73. The first-order valence-corrected chi connectivity index (χ1v) is 4.70. The van der Waals surface area contributed by atoms with Gasteiger partial charge in [0.05, 0.1) is 6.04 Å². The van der Waals surface area contributed by atoms with Crippen LogP contribution in [0.5, 0.6) is 0 Å². The first-order valence-electron chi connectivity index (χ1n) is 3.91. The lowest BCUT2D eigenvalue weighted by Crippen LogP contribution is -2.31. The molecule has 0 fully saturated rings. The normalized spacial score (nSPS) is 12.2. The maximum absolute atomic E-state index is 10.6. The largest absolute Gasteiger partial charge is 0.352 e. The van der Waals surface area contributed by atoms with Gasteiger partial charge < -0.3 is 11.1 Å². The zero-order chi connectivity index (χ0) is 9.84. The highest BCUT2D eigenvalue weighted by molar-refractivity contribution is 9.10. The second-order valence-corrected chi connectivity index (χ2v) is 3.70. The zero-order valence-corrected chi connectivity index (χ0v) is 8.84. The molecule has 0 bridgehead atoms. The number of urea groups is 1. The lowest BCUT2D eigenvalue weighted by molar-refractivity contribution is 0.246. The van der Waals surface area contributed by atoms with Gasteiger partial charge in [0.25, 0.3) is 0 Å². The van der Waals surface area contributed by atoms with E-state index >= 15 is 0 Å². The average molecular weight is 243 g/mol. The van der Waals surface area contributed by atoms with Gasteiger partial charge in [-0.1, -0.05) is 28.1 Å². The molecule has 1 aromatic rings. The van der Waals surface area contributed by atoms with Crippen molar-refractivity contribution in [1.82, 2.24) is 5.32 Å². The van der Waals surface area contributed by atoms with Crippen molar-refractivity contribution in [2.75, 3.05) is 0 Å². The molecule has 0 aliphatic rings. The number of benzene rings is 1. The summed E-state index contributed by atoms with van der Waals surface area (Å²) in [5.74, 6) is 0. The molecule has 1 aromatic carbocycles. The maximum atomic E-state index is 10.6. The van der Waals surface area contributed by atoms with E-state index < -0.39 is 6.03 Å². The number of nitrogens with one attached hydrogen (secondary N) is 1. The molecule has 3 nitrogen and oxygen atoms in total. The number of carbonyl (C=O) groups excluding carboxylic acids is 1. The van der Waals surface area contributed by atoms with E-state index in [0.29, 0.717) is 0 Å². The fourth-order valence-corrected chi connectivity index (χ4v) is 1.31. The number of hydrogen-bond donors (Lipinski definition) is 2. The minimum atomic E-state index is -0.504. The van der Waals surface area contributed by atoms with E-state index in [1.807, 2.05) is 31.2 Å². The SMILES string of the molecule is CC(NC(N)=O)c1ccc(Br)cc1. The summed E-state index contributed by atoms with van der Waals surface area (Å²) >= 11 is 3.33. The maximum Gasteiger partial charge on any atom is 0.312 e. The topological polar surface area (TPSA) is 55.1 Å². The molecule has 0 saturated carbocycles. The summed E-state index contributed by atoms with van der Waals surface area (Å²) in [6, 6.07) is 7.17. The number of hydrogen-bond acceptors (Lipinski definition) is 1. The Hall–Kier alpha value is -1.03. The van der Waals surface area contributed by atoms with Crippen molar-refractivity contribution in [3.05, 3.63) is 34.3 Å². The van der Waals surface area contributed by atoms with E-state index in [1.54, 1.807) is 0 Å². The summed E-state index contributed by atoms with van der Waals surface area (Å²) in [6.45, 7) is 1.88. The third-order valence-corrected chi connectivity index (χ3v) is 2.26. The standard InChI is InChI=1S/C9H11BrN2O/c1-6(12-9(11)13)7-2-4-8(10)5-3-7/h2-6H,1H3,(H3,11,12,13). The molecule has 0 aromatic heterocycles. The number of rotatable bonds is 2. The summed E-state index contributed by atoms with van der Waals surface area (Å²) in [5.41, 5.74) is 6.03. The molecule has 70 valence electrons. The Labute approximate surface area is 85.4 Å². The van der Waals surface area contributed by atoms with Gasteiger partial charge in [0.15, 0.2) is 0 Å². The second kappa shape index (κ2) is 4.28. The van der Waals surface area contributed by atoms with E-state index in [0.717, 1.165) is 10.0 Å². The van der Waals surface area contributed by atoms with Crippen LogP contribution in [0.15, 0.2) is 28.7 Å². The third kappa shape index (κ3) is 3.06. The molecular formula is C9H11BrN2O. The molecule has 0 saturated heterocycles. The van der Waals surface area contributed by atoms with Crippen LogP contribution in [0, 0.1) is 0 Å². The molecule has 1 rings (SSSR count). The minimum absolute atomic E-state index is 0.0504. The molecule has 0 heterocycles. The lowest BCUT2D eigenvalue weighted by atomic mass is 10.1. The van der Waals surface area contributed by atoms with Crippen LogP contribution in [-0.4, -0.2) is 6.03 Å². The van der Waals surface area contributed by atoms with E-state index in [4.69, 9.17) is 5.73 Å². The second-order valence-electron chi connectivity index (χ2n) is 2.78. The Morgan fingerprint density at radius 3 is 2.46 bits per heavy atom. The van der Waals surface area contributed by atoms with Crippen molar-refractivity contribution >= 4 is 22.0 Å². The van der Waals surface area contributed by atoms with Gasteiger partial charge in [-0.2, -0.15) is 0 Å². The van der Waals surface area contributed by atoms with Crippen LogP contribution in [0.1, 0.15) is 18.5 Å². The molecule has 0 aliphatic carbocycles. The minimum Gasteiger partial charge on any atom is -0.352 e. The molecule has 1 unspecified atom stereocenters. The van der Waals surface area contributed by atoms with E-state index in [1.165, 1.54) is 0 Å². The van der Waals surface area contributed by atoms with Gasteiger partial charge in [0.1, 0.15) is 0 Å². The van der Waals surface area contributed by atoms with E-state index in [9.17, 15) is 4.79 Å². The summed E-state index contributed by atoms with van der Waals surface area (Å²) in [4.78, 5) is 10.6. The molecule has 0 spiro atoms. The van der Waals surface area contributed by atoms with E-state index in [-0.39, 0.29) is 6.04 Å². The van der Waals surface area contributed by atoms with Gasteiger partial charge in [-0.25, -0.2) is 4.79 Å². The highest BCUT2D eigenvalue weighted by Crippen LogP contribution is 2.15. The molecular weight excluding hydrogens is 232 g/mol. The van der Waals surface area contributed by atoms with Crippen molar-refractivity contribution in [2.45, 2.75) is 13.0 Å². The summed E-state index contributed by atoms with van der Waals surface area (Å²) < 4.78 is 1.02. The first kappa shape index (κ1) is 10.1. The van der Waals surface area contributed by atoms with Gasteiger partial charge in [-0.05, 0) is 24.6 Å². The summed E-state index contributed by atoms with van der Waals surface area (Å²) in [5, 5.41) is 2.60. The Morgan fingerprint density at radius 1 is 1.46 bits per heavy atom. The van der Waals surface area contributed by atoms with Crippen molar-refractivity contribution in [1.29, 1.82) is 0 Å². The average Bonchev–Trinajstić information content (AvgIpc) is 2.04. The Morgan fingerprint density at radius 2 is 2.00 bits per heavy atom. The predicted octanol–water partition coefficient (Wildman–Crippen LogP) is 2.18. The number of primary amides is 1. The number of nitrogens with two attached hydrogens (primary N) is 1. The highest BCUT2D eigenvalue weighted by Gasteiger charge is 2.05. The van der Waals surface area contributed by atoms with Crippen molar-refractivity contribution in [3.8, 4) is 0 Å². The van der Waals surface area contributed by atoms with Crippen LogP contribution in [0.4, 0.5) is 4.79 Å². The van der Waals surface area contributed by atoms with Crippen LogP contribution in [0.3, 0.4) is 0 Å². The van der Waals surface area contributed by atoms with Crippen molar-refractivity contribution < 1.29 is 4.79 Å². The first-order chi connectivity index (χ1) is 6.09. The predicted molar refractivity (Wildman–Crippen MR) is 55.3 cm³/mol. The van der Waals surface area contributed by atoms with Crippen LogP contribution in [0.25, 0.3) is 0 Å². The molecule has 1 atom stereocenters. The smallest absolute Gasteiger partial charge is 0.312 e. The molecule has 2 amide bonds. The Kier molecular flexibility index (Phi) is 3.31. The van der Waals surface area contributed by atoms with E-state index in [2.05, 4.69) is 21.2 Å². The fourth-order valence-electron chi connectivity index (χ4n) is 1.05. The number of halogens is 1. The van der Waals surface area contributed by atoms with Gasteiger partial charge in [-0.15, -0.1) is 0 Å². The molecule has 3 N–H and O–H groups in total. The van der Waals surface area contributed by atoms with Gasteiger partial charge in [0, 0.05) is 4.47 Å². The quantitative estimate of drug-likeness (QED) is 0.821. The van der Waals surface area contributed by atoms with Gasteiger partial charge >= 0.3 is 6.03 Å². The molecule has 0 radical (unpaired) electrons. The van der Waals surface area contributed by atoms with Crippen LogP contribution >= 0.6 is 15.9 Å². The van der Waals surface area contributed by atoms with Crippen molar-refractivity contribution in [2.24, 2.45) is 5.73 Å². The Bertz CT molecular complexity index is 297. The van der Waals surface area contributed by atoms with Gasteiger partial charge in [-0.3, -0.25) is 0 Å². The highest BCUT2D eigenvalue weighted by atomic mass is 79.9.